The molecule has 2 aromatic rings. The Kier molecular flexibility index (Phi) is 2.13. The summed E-state index contributed by atoms with van der Waals surface area (Å²) in [5.74, 6) is 0. The van der Waals surface area contributed by atoms with E-state index < -0.39 is 0 Å². The predicted octanol–water partition coefficient (Wildman–Crippen LogP) is 2.28. The number of hydrogen-bond acceptors (Lipinski definition) is 2. The minimum absolute atomic E-state index is 0.0581. The number of hydrogen-bond donors (Lipinski definition) is 2. The molecule has 0 saturated carbocycles. The van der Waals surface area contributed by atoms with Crippen LogP contribution in [0.5, 0.6) is 0 Å². The molecule has 2 atom stereocenters. The second-order valence-electron chi connectivity index (χ2n) is 6.55. The smallest absolute Gasteiger partial charge is 0.0347 e. The van der Waals surface area contributed by atoms with Crippen molar-refractivity contribution < 1.29 is 0 Å². The lowest BCUT2D eigenvalue weighted by atomic mass is 9.46. The van der Waals surface area contributed by atoms with E-state index in [1.165, 1.54) is 22.3 Å². The van der Waals surface area contributed by atoms with Crippen LogP contribution in [0.1, 0.15) is 36.1 Å². The first kappa shape index (κ1) is 12.1. The quantitative estimate of drug-likeness (QED) is 0.767. The summed E-state index contributed by atoms with van der Waals surface area (Å²) >= 11 is 0. The molecule has 0 spiro atoms. The Morgan fingerprint density at radius 2 is 0.900 bits per heavy atom. The molecule has 3 aliphatic carbocycles. The average Bonchev–Trinajstić information content (AvgIpc) is 2.50. The molecule has 2 bridgehead atoms. The zero-order valence-corrected chi connectivity index (χ0v) is 11.9. The number of nitrogens with two attached hydrogens (primary N) is 2. The van der Waals surface area contributed by atoms with Gasteiger partial charge in [0.15, 0.2) is 0 Å². The summed E-state index contributed by atoms with van der Waals surface area (Å²) in [5.41, 5.74) is 18.2. The Hall–Kier alpha value is -1.64. The van der Waals surface area contributed by atoms with Crippen LogP contribution >= 0.6 is 0 Å². The summed E-state index contributed by atoms with van der Waals surface area (Å²) in [6, 6.07) is 17.2. The molecule has 2 aromatic carbocycles. The molecule has 2 unspecified atom stereocenters. The summed E-state index contributed by atoms with van der Waals surface area (Å²) in [6.07, 6.45) is 0. The Morgan fingerprint density at radius 1 is 0.650 bits per heavy atom. The molecule has 102 valence electrons. The zero-order valence-electron chi connectivity index (χ0n) is 11.9. The van der Waals surface area contributed by atoms with E-state index in [-0.39, 0.29) is 22.9 Å². The van der Waals surface area contributed by atoms with Crippen molar-refractivity contribution in [2.45, 2.75) is 36.8 Å². The van der Waals surface area contributed by atoms with Gasteiger partial charge in [-0.3, -0.25) is 0 Å². The van der Waals surface area contributed by atoms with Crippen molar-refractivity contribution in [1.29, 1.82) is 0 Å². The summed E-state index contributed by atoms with van der Waals surface area (Å²) in [6.45, 7) is 4.49. The lowest BCUT2D eigenvalue weighted by molar-refractivity contribution is 0.237. The van der Waals surface area contributed by atoms with E-state index in [1.54, 1.807) is 0 Å². The van der Waals surface area contributed by atoms with Crippen molar-refractivity contribution in [2.24, 2.45) is 11.5 Å². The number of fused-ring (bicyclic) bond motifs is 1. The maximum Gasteiger partial charge on any atom is 0.0347 e. The highest BCUT2D eigenvalue weighted by atomic mass is 14.9. The van der Waals surface area contributed by atoms with Gasteiger partial charge in [-0.15, -0.1) is 0 Å². The van der Waals surface area contributed by atoms with Crippen LogP contribution in [0.4, 0.5) is 0 Å². The van der Waals surface area contributed by atoms with Crippen LogP contribution in [0.3, 0.4) is 0 Å². The normalized spacial score (nSPS) is 37.4. The molecule has 0 fully saturated rings. The Balaban J connectivity index is 2.20. The van der Waals surface area contributed by atoms with Crippen molar-refractivity contribution in [3.8, 4) is 0 Å². The lowest BCUT2D eigenvalue weighted by Crippen LogP contribution is -2.70. The molecule has 5 rings (SSSR count). The van der Waals surface area contributed by atoms with E-state index in [0.717, 1.165) is 0 Å². The highest BCUT2D eigenvalue weighted by molar-refractivity contribution is 5.65. The molecule has 2 heteroatoms. The first-order chi connectivity index (χ1) is 9.52. The molecular weight excluding hydrogens is 244 g/mol. The van der Waals surface area contributed by atoms with Gasteiger partial charge >= 0.3 is 0 Å². The maximum atomic E-state index is 6.59. The van der Waals surface area contributed by atoms with E-state index in [0.29, 0.717) is 0 Å². The highest BCUT2D eigenvalue weighted by Gasteiger charge is 2.59. The number of rotatable bonds is 0. The van der Waals surface area contributed by atoms with Gasteiger partial charge in [0.1, 0.15) is 0 Å². The van der Waals surface area contributed by atoms with E-state index in [1.807, 2.05) is 0 Å². The van der Waals surface area contributed by atoms with Crippen molar-refractivity contribution >= 4 is 0 Å². The predicted molar refractivity (Wildman–Crippen MR) is 81.7 cm³/mol. The molecule has 0 heterocycles. The van der Waals surface area contributed by atoms with Gasteiger partial charge in [-0.05, 0) is 36.1 Å². The molecule has 2 nitrogen and oxygen atoms in total. The van der Waals surface area contributed by atoms with Crippen LogP contribution in [-0.2, 0) is 10.8 Å². The second-order valence-corrected chi connectivity index (χ2v) is 6.55. The van der Waals surface area contributed by atoms with Crippen molar-refractivity contribution in [2.75, 3.05) is 0 Å². The molecule has 0 aliphatic heterocycles. The van der Waals surface area contributed by atoms with Crippen LogP contribution in [0.15, 0.2) is 48.5 Å². The Morgan fingerprint density at radius 3 is 1.15 bits per heavy atom. The van der Waals surface area contributed by atoms with Crippen molar-refractivity contribution in [3.63, 3.8) is 0 Å². The van der Waals surface area contributed by atoms with Gasteiger partial charge in [0, 0.05) is 22.9 Å². The van der Waals surface area contributed by atoms with Crippen LogP contribution in [0.25, 0.3) is 0 Å². The van der Waals surface area contributed by atoms with Crippen LogP contribution < -0.4 is 11.5 Å². The van der Waals surface area contributed by atoms with E-state index in [2.05, 4.69) is 62.4 Å². The van der Waals surface area contributed by atoms with Gasteiger partial charge in [-0.25, -0.2) is 0 Å². The van der Waals surface area contributed by atoms with Crippen molar-refractivity contribution in [3.05, 3.63) is 70.8 Å². The molecule has 0 aromatic heterocycles. The average molecular weight is 264 g/mol. The fourth-order valence-electron chi connectivity index (χ4n) is 4.50. The van der Waals surface area contributed by atoms with Gasteiger partial charge < -0.3 is 11.5 Å². The summed E-state index contributed by atoms with van der Waals surface area (Å²) in [4.78, 5) is 0. The van der Waals surface area contributed by atoms with E-state index >= 15 is 0 Å². The molecule has 0 saturated heterocycles. The minimum Gasteiger partial charge on any atom is -0.325 e. The lowest BCUT2D eigenvalue weighted by Gasteiger charge is -2.59. The van der Waals surface area contributed by atoms with Crippen LogP contribution in [-0.4, -0.2) is 12.1 Å². The van der Waals surface area contributed by atoms with E-state index in [9.17, 15) is 0 Å². The second kappa shape index (κ2) is 3.51. The third-order valence-corrected chi connectivity index (χ3v) is 5.81. The SMILES string of the molecule is CC12c3ccccc3C(C)(c3ccccc31)C(N)C2N. The molecule has 3 aliphatic rings. The first-order valence-corrected chi connectivity index (χ1v) is 7.23. The van der Waals surface area contributed by atoms with Gasteiger partial charge in [0.05, 0.1) is 0 Å². The van der Waals surface area contributed by atoms with Crippen LogP contribution in [0.2, 0.25) is 0 Å². The van der Waals surface area contributed by atoms with E-state index in [4.69, 9.17) is 11.5 Å². The van der Waals surface area contributed by atoms with Crippen molar-refractivity contribution in [1.82, 2.24) is 0 Å². The molecular formula is C18H20N2. The summed E-state index contributed by atoms with van der Waals surface area (Å²) < 4.78 is 0. The minimum atomic E-state index is -0.190. The fourth-order valence-corrected chi connectivity index (χ4v) is 4.50. The monoisotopic (exact) mass is 264 g/mol. The van der Waals surface area contributed by atoms with Gasteiger partial charge in [0.2, 0.25) is 0 Å². The molecule has 20 heavy (non-hydrogen) atoms. The third-order valence-electron chi connectivity index (χ3n) is 5.81. The largest absolute Gasteiger partial charge is 0.325 e. The Labute approximate surface area is 119 Å². The zero-order chi connectivity index (χ0) is 14.1. The standard InChI is InChI=1S/C18H20N2/c1-17-11-7-3-5-9-13(11)18(2,16(20)15(17)19)14-10-6-4-8-12(14)17/h3-10,15-16H,19-20H2,1-2H3. The first-order valence-electron chi connectivity index (χ1n) is 7.23. The highest BCUT2D eigenvalue weighted by Crippen LogP contribution is 2.57. The van der Waals surface area contributed by atoms with Gasteiger partial charge in [0.25, 0.3) is 0 Å². The third kappa shape index (κ3) is 1.06. The molecule has 4 N–H and O–H groups in total. The summed E-state index contributed by atoms with van der Waals surface area (Å²) in [5, 5.41) is 0. The van der Waals surface area contributed by atoms with Gasteiger partial charge in [-0.1, -0.05) is 48.5 Å². The molecule has 0 amide bonds. The Bertz CT molecular complexity index is 597. The molecule has 0 radical (unpaired) electrons. The maximum absolute atomic E-state index is 6.59. The summed E-state index contributed by atoms with van der Waals surface area (Å²) in [7, 11) is 0. The van der Waals surface area contributed by atoms with Gasteiger partial charge in [-0.2, -0.15) is 0 Å². The topological polar surface area (TPSA) is 52.0 Å². The fraction of sp³-hybridized carbons (Fsp3) is 0.333. The van der Waals surface area contributed by atoms with Crippen LogP contribution in [0, 0.1) is 0 Å². The number of benzene rings is 2.